The van der Waals surface area contributed by atoms with Crippen LogP contribution in [0, 0.1) is 0 Å². The third-order valence-corrected chi connectivity index (χ3v) is 3.17. The van der Waals surface area contributed by atoms with E-state index in [-0.39, 0.29) is 5.91 Å². The summed E-state index contributed by atoms with van der Waals surface area (Å²) in [5.41, 5.74) is 0.810. The van der Waals surface area contributed by atoms with E-state index in [1.54, 1.807) is 0 Å². The summed E-state index contributed by atoms with van der Waals surface area (Å²) in [6, 6.07) is 7.54. The summed E-state index contributed by atoms with van der Waals surface area (Å²) in [5, 5.41) is 2.90. The van der Waals surface area contributed by atoms with Gasteiger partial charge in [0.1, 0.15) is 5.75 Å². The molecule has 4 heteroatoms. The Morgan fingerprint density at radius 2 is 1.80 bits per heavy atom. The third kappa shape index (κ3) is 6.06. The molecule has 1 rings (SSSR count). The number of carbonyl (C=O) groups excluding carboxylic acids is 1. The highest BCUT2D eigenvalue weighted by Crippen LogP contribution is 2.16. The van der Waals surface area contributed by atoms with Crippen molar-refractivity contribution in [2.75, 3.05) is 31.6 Å². The minimum absolute atomic E-state index is 0.0216. The van der Waals surface area contributed by atoms with Crippen LogP contribution in [0.25, 0.3) is 0 Å². The molecular formula is C16H26N2O2. The van der Waals surface area contributed by atoms with Gasteiger partial charge < -0.3 is 10.1 Å². The van der Waals surface area contributed by atoms with Crippen molar-refractivity contribution in [2.45, 2.75) is 33.6 Å². The van der Waals surface area contributed by atoms with Crippen LogP contribution in [0.15, 0.2) is 24.3 Å². The molecule has 0 spiro atoms. The summed E-state index contributed by atoms with van der Waals surface area (Å²) in [4.78, 5) is 13.9. The molecule has 20 heavy (non-hydrogen) atoms. The number of amides is 1. The fourth-order valence-corrected chi connectivity index (χ4v) is 1.82. The molecule has 4 nitrogen and oxygen atoms in total. The van der Waals surface area contributed by atoms with Gasteiger partial charge in [-0.1, -0.05) is 27.2 Å². The van der Waals surface area contributed by atoms with Crippen molar-refractivity contribution in [3.8, 4) is 5.75 Å². The molecule has 0 bridgehead atoms. The Balaban J connectivity index is 2.42. The predicted molar refractivity (Wildman–Crippen MR) is 83.3 cm³/mol. The highest BCUT2D eigenvalue weighted by Gasteiger charge is 2.07. The highest BCUT2D eigenvalue weighted by molar-refractivity contribution is 5.92. The van der Waals surface area contributed by atoms with Crippen molar-refractivity contribution in [3.05, 3.63) is 24.3 Å². The molecule has 1 aromatic carbocycles. The minimum atomic E-state index is 0.0216. The maximum absolute atomic E-state index is 11.9. The molecule has 0 radical (unpaired) electrons. The Morgan fingerprint density at radius 1 is 1.15 bits per heavy atom. The molecule has 0 aliphatic heterocycles. The van der Waals surface area contributed by atoms with Crippen molar-refractivity contribution in [2.24, 2.45) is 0 Å². The fourth-order valence-electron chi connectivity index (χ4n) is 1.82. The number of unbranched alkanes of at least 4 members (excludes halogenated alkanes) is 1. The molecule has 0 aromatic heterocycles. The Hall–Kier alpha value is -1.55. The summed E-state index contributed by atoms with van der Waals surface area (Å²) in [6.45, 7) is 9.19. The number of likely N-dealkylation sites (N-methyl/N-ethyl adjacent to an activating group) is 1. The first-order valence-electron chi connectivity index (χ1n) is 7.44. The lowest BCUT2D eigenvalue weighted by Crippen LogP contribution is -2.32. The SMILES string of the molecule is CCCCOc1ccc(NC(=O)CN(CC)CC)cc1. The quantitative estimate of drug-likeness (QED) is 0.706. The molecule has 0 atom stereocenters. The van der Waals surface area contributed by atoms with Crippen LogP contribution in [0.3, 0.4) is 0 Å². The second-order valence-electron chi connectivity index (χ2n) is 4.74. The summed E-state index contributed by atoms with van der Waals surface area (Å²) >= 11 is 0. The largest absolute Gasteiger partial charge is 0.494 e. The van der Waals surface area contributed by atoms with Gasteiger partial charge in [-0.25, -0.2) is 0 Å². The van der Waals surface area contributed by atoms with E-state index in [2.05, 4.69) is 31.0 Å². The molecule has 0 saturated carbocycles. The number of nitrogens with zero attached hydrogens (tertiary/aromatic N) is 1. The zero-order valence-corrected chi connectivity index (χ0v) is 12.8. The molecule has 0 heterocycles. The lowest BCUT2D eigenvalue weighted by molar-refractivity contribution is -0.117. The second-order valence-corrected chi connectivity index (χ2v) is 4.74. The molecule has 0 aliphatic rings. The van der Waals surface area contributed by atoms with Crippen LogP contribution < -0.4 is 10.1 Å². The number of benzene rings is 1. The molecule has 0 fully saturated rings. The van der Waals surface area contributed by atoms with Crippen LogP contribution in [0.2, 0.25) is 0 Å². The zero-order valence-electron chi connectivity index (χ0n) is 12.8. The molecule has 0 unspecified atom stereocenters. The number of hydrogen-bond acceptors (Lipinski definition) is 3. The molecule has 1 amide bonds. The third-order valence-electron chi connectivity index (χ3n) is 3.17. The zero-order chi connectivity index (χ0) is 14.8. The Bertz CT molecular complexity index is 386. The lowest BCUT2D eigenvalue weighted by Gasteiger charge is -2.17. The van der Waals surface area contributed by atoms with Crippen LogP contribution in [0.5, 0.6) is 5.75 Å². The molecule has 0 aliphatic carbocycles. The highest BCUT2D eigenvalue weighted by atomic mass is 16.5. The van der Waals surface area contributed by atoms with Gasteiger partial charge in [-0.3, -0.25) is 9.69 Å². The average molecular weight is 278 g/mol. The minimum Gasteiger partial charge on any atom is -0.494 e. The Morgan fingerprint density at radius 3 is 2.35 bits per heavy atom. The van der Waals surface area contributed by atoms with E-state index in [1.807, 2.05) is 24.3 Å². The average Bonchev–Trinajstić information content (AvgIpc) is 2.47. The van der Waals surface area contributed by atoms with Crippen LogP contribution in [0.1, 0.15) is 33.6 Å². The maximum Gasteiger partial charge on any atom is 0.238 e. The van der Waals surface area contributed by atoms with Crippen LogP contribution in [-0.4, -0.2) is 37.0 Å². The summed E-state index contributed by atoms with van der Waals surface area (Å²) in [5.74, 6) is 0.869. The summed E-state index contributed by atoms with van der Waals surface area (Å²) in [7, 11) is 0. The van der Waals surface area contributed by atoms with E-state index in [9.17, 15) is 4.79 Å². The first-order chi connectivity index (χ1) is 9.69. The van der Waals surface area contributed by atoms with E-state index in [0.717, 1.165) is 44.0 Å². The molecule has 0 saturated heterocycles. The summed E-state index contributed by atoms with van der Waals surface area (Å²) in [6.07, 6.45) is 2.18. The van der Waals surface area contributed by atoms with Gasteiger partial charge in [-0.2, -0.15) is 0 Å². The number of hydrogen-bond donors (Lipinski definition) is 1. The number of carbonyl (C=O) groups is 1. The van der Waals surface area contributed by atoms with Gasteiger partial charge in [0.15, 0.2) is 0 Å². The van der Waals surface area contributed by atoms with Gasteiger partial charge in [0.2, 0.25) is 5.91 Å². The van der Waals surface area contributed by atoms with Gasteiger partial charge >= 0.3 is 0 Å². The van der Waals surface area contributed by atoms with E-state index in [0.29, 0.717) is 6.54 Å². The molecule has 1 aromatic rings. The Labute approximate surface area is 122 Å². The van der Waals surface area contributed by atoms with Crippen molar-refractivity contribution < 1.29 is 9.53 Å². The fraction of sp³-hybridized carbons (Fsp3) is 0.562. The van der Waals surface area contributed by atoms with E-state index in [4.69, 9.17) is 4.74 Å². The number of ether oxygens (including phenoxy) is 1. The van der Waals surface area contributed by atoms with Crippen molar-refractivity contribution in [3.63, 3.8) is 0 Å². The van der Waals surface area contributed by atoms with Gasteiger partial charge in [-0.15, -0.1) is 0 Å². The van der Waals surface area contributed by atoms with Crippen molar-refractivity contribution in [1.82, 2.24) is 4.90 Å². The molecule has 1 N–H and O–H groups in total. The number of rotatable bonds is 9. The van der Waals surface area contributed by atoms with Crippen molar-refractivity contribution in [1.29, 1.82) is 0 Å². The van der Waals surface area contributed by atoms with Crippen LogP contribution in [-0.2, 0) is 4.79 Å². The topological polar surface area (TPSA) is 41.6 Å². The molecular weight excluding hydrogens is 252 g/mol. The van der Waals surface area contributed by atoms with E-state index in [1.165, 1.54) is 0 Å². The second kappa shape index (κ2) is 9.37. The van der Waals surface area contributed by atoms with Gasteiger partial charge in [-0.05, 0) is 43.8 Å². The Kier molecular flexibility index (Phi) is 7.73. The van der Waals surface area contributed by atoms with Gasteiger partial charge in [0.05, 0.1) is 13.2 Å². The normalized spacial score (nSPS) is 10.6. The first-order valence-corrected chi connectivity index (χ1v) is 7.44. The van der Waals surface area contributed by atoms with Crippen LogP contribution >= 0.6 is 0 Å². The van der Waals surface area contributed by atoms with E-state index < -0.39 is 0 Å². The van der Waals surface area contributed by atoms with Crippen molar-refractivity contribution >= 4 is 11.6 Å². The number of anilines is 1. The number of nitrogens with one attached hydrogen (secondary N) is 1. The predicted octanol–water partition coefficient (Wildman–Crippen LogP) is 3.15. The van der Waals surface area contributed by atoms with Gasteiger partial charge in [0.25, 0.3) is 0 Å². The standard InChI is InChI=1S/C16H26N2O2/c1-4-7-12-20-15-10-8-14(9-11-15)17-16(19)13-18(5-2)6-3/h8-11H,4-7,12-13H2,1-3H3,(H,17,19). The molecule has 112 valence electrons. The lowest BCUT2D eigenvalue weighted by atomic mass is 10.3. The van der Waals surface area contributed by atoms with Gasteiger partial charge in [0, 0.05) is 5.69 Å². The van der Waals surface area contributed by atoms with E-state index >= 15 is 0 Å². The summed E-state index contributed by atoms with van der Waals surface area (Å²) < 4.78 is 5.58. The first kappa shape index (κ1) is 16.5. The van der Waals surface area contributed by atoms with Crippen LogP contribution in [0.4, 0.5) is 5.69 Å². The monoisotopic (exact) mass is 278 g/mol. The smallest absolute Gasteiger partial charge is 0.238 e. The maximum atomic E-state index is 11.9.